The van der Waals surface area contributed by atoms with E-state index in [1.54, 1.807) is 0 Å². The lowest BCUT2D eigenvalue weighted by molar-refractivity contribution is -0.249. The molecule has 0 saturated carbocycles. The molecular weight excluding hydrogens is 436 g/mol. The molecule has 0 aliphatic carbocycles. The van der Waals surface area contributed by atoms with Crippen molar-refractivity contribution in [2.24, 2.45) is 11.8 Å². The van der Waals surface area contributed by atoms with Crippen LogP contribution in [0.15, 0.2) is 91.0 Å². The first-order chi connectivity index (χ1) is 17.1. The average Bonchev–Trinajstić information content (AvgIpc) is 2.89. The van der Waals surface area contributed by atoms with Crippen LogP contribution in [0.1, 0.15) is 37.5 Å². The van der Waals surface area contributed by atoms with Gasteiger partial charge in [0.05, 0.1) is 38.6 Å². The van der Waals surface area contributed by atoms with Crippen molar-refractivity contribution in [3.8, 4) is 0 Å². The Kier molecular flexibility index (Phi) is 9.50. The number of ether oxygens (including phenoxy) is 4. The summed E-state index contributed by atoms with van der Waals surface area (Å²) in [6.07, 6.45) is -0.491. The van der Waals surface area contributed by atoms with Crippen molar-refractivity contribution in [2.45, 2.75) is 65.0 Å². The third-order valence-electron chi connectivity index (χ3n) is 6.68. The van der Waals surface area contributed by atoms with Gasteiger partial charge < -0.3 is 18.9 Å². The predicted molar refractivity (Wildman–Crippen MR) is 139 cm³/mol. The minimum Gasteiger partial charge on any atom is -0.374 e. The van der Waals surface area contributed by atoms with Crippen LogP contribution in [0.4, 0.5) is 0 Å². The summed E-state index contributed by atoms with van der Waals surface area (Å²) in [6, 6.07) is 30.8. The van der Waals surface area contributed by atoms with E-state index in [2.05, 4.69) is 57.2 Å². The van der Waals surface area contributed by atoms with Crippen molar-refractivity contribution < 1.29 is 18.9 Å². The predicted octanol–water partition coefficient (Wildman–Crippen LogP) is 6.43. The van der Waals surface area contributed by atoms with E-state index in [1.165, 1.54) is 0 Å². The van der Waals surface area contributed by atoms with Gasteiger partial charge in [-0.05, 0) is 22.6 Å². The quantitative estimate of drug-likeness (QED) is 0.321. The van der Waals surface area contributed by atoms with Gasteiger partial charge in [0.15, 0.2) is 0 Å². The number of rotatable bonds is 11. The molecule has 186 valence electrons. The highest BCUT2D eigenvalue weighted by Gasteiger charge is 2.46. The van der Waals surface area contributed by atoms with E-state index in [4.69, 9.17) is 18.9 Å². The fourth-order valence-electron chi connectivity index (χ4n) is 4.85. The Balaban J connectivity index is 1.51. The molecule has 0 spiro atoms. The molecule has 4 heteroatoms. The van der Waals surface area contributed by atoms with Gasteiger partial charge in [-0.1, -0.05) is 112 Å². The van der Waals surface area contributed by atoms with Crippen LogP contribution in [0.3, 0.4) is 0 Å². The van der Waals surface area contributed by atoms with Crippen LogP contribution < -0.4 is 0 Å². The summed E-state index contributed by atoms with van der Waals surface area (Å²) >= 11 is 0. The molecule has 1 saturated heterocycles. The van der Waals surface area contributed by atoms with Crippen LogP contribution in [-0.4, -0.2) is 31.0 Å². The zero-order valence-electron chi connectivity index (χ0n) is 21.1. The van der Waals surface area contributed by atoms with Crippen LogP contribution in [-0.2, 0) is 38.8 Å². The van der Waals surface area contributed by atoms with Gasteiger partial charge in [-0.25, -0.2) is 0 Å². The highest BCUT2D eigenvalue weighted by molar-refractivity contribution is 5.15. The summed E-state index contributed by atoms with van der Waals surface area (Å²) in [4.78, 5) is 0. The molecule has 0 bridgehead atoms. The molecule has 1 fully saturated rings. The van der Waals surface area contributed by atoms with Gasteiger partial charge in [-0.2, -0.15) is 0 Å². The van der Waals surface area contributed by atoms with E-state index in [1.807, 2.05) is 54.6 Å². The molecule has 3 aromatic carbocycles. The van der Waals surface area contributed by atoms with Gasteiger partial charge in [0.2, 0.25) is 0 Å². The molecule has 0 N–H and O–H groups in total. The van der Waals surface area contributed by atoms with Gasteiger partial charge in [0, 0.05) is 5.92 Å². The van der Waals surface area contributed by atoms with Gasteiger partial charge in [0.1, 0.15) is 12.2 Å². The molecule has 4 nitrogen and oxygen atoms in total. The lowest BCUT2D eigenvalue weighted by Crippen LogP contribution is -2.58. The highest BCUT2D eigenvalue weighted by atomic mass is 16.6. The topological polar surface area (TPSA) is 36.9 Å². The Hall–Kier alpha value is -2.50. The fraction of sp³-hybridized carbons (Fsp3) is 0.419. The van der Waals surface area contributed by atoms with Crippen molar-refractivity contribution in [3.63, 3.8) is 0 Å². The highest BCUT2D eigenvalue weighted by Crippen LogP contribution is 2.35. The summed E-state index contributed by atoms with van der Waals surface area (Å²) in [5.74, 6) is 0.546. The second kappa shape index (κ2) is 13.0. The molecule has 1 aliphatic rings. The maximum Gasteiger partial charge on any atom is 0.113 e. The first-order valence-corrected chi connectivity index (χ1v) is 12.7. The first kappa shape index (κ1) is 25.6. The van der Waals surface area contributed by atoms with Crippen molar-refractivity contribution in [1.82, 2.24) is 0 Å². The monoisotopic (exact) mass is 474 g/mol. The van der Waals surface area contributed by atoms with Crippen molar-refractivity contribution in [3.05, 3.63) is 108 Å². The lowest BCUT2D eigenvalue weighted by Gasteiger charge is -2.47. The summed E-state index contributed by atoms with van der Waals surface area (Å²) in [5.41, 5.74) is 3.44. The SMILES string of the molecule is CC(C)[C@@H]1O[C@H](COCc2ccccc2)[C@H](OCc2ccccc2)[C@H](OCc2ccccc2)[C@H]1C. The van der Waals surface area contributed by atoms with E-state index in [0.717, 1.165) is 16.7 Å². The normalized spacial score (nSPS) is 24.5. The van der Waals surface area contributed by atoms with Crippen molar-refractivity contribution in [1.29, 1.82) is 0 Å². The molecule has 0 aromatic heterocycles. The molecule has 1 heterocycles. The third kappa shape index (κ3) is 7.25. The van der Waals surface area contributed by atoms with Crippen LogP contribution in [0.2, 0.25) is 0 Å². The van der Waals surface area contributed by atoms with E-state index in [9.17, 15) is 0 Å². The van der Waals surface area contributed by atoms with Crippen molar-refractivity contribution >= 4 is 0 Å². The Morgan fingerprint density at radius 3 is 1.60 bits per heavy atom. The second-order valence-corrected chi connectivity index (χ2v) is 9.77. The maximum absolute atomic E-state index is 6.65. The molecule has 4 rings (SSSR count). The summed E-state index contributed by atoms with van der Waals surface area (Å²) in [7, 11) is 0. The summed E-state index contributed by atoms with van der Waals surface area (Å²) < 4.78 is 26.0. The molecule has 0 radical (unpaired) electrons. The van der Waals surface area contributed by atoms with Gasteiger partial charge in [0.25, 0.3) is 0 Å². The first-order valence-electron chi connectivity index (χ1n) is 12.7. The van der Waals surface area contributed by atoms with Gasteiger partial charge in [-0.3, -0.25) is 0 Å². The molecular formula is C31H38O4. The lowest BCUT2D eigenvalue weighted by atomic mass is 9.83. The Bertz CT molecular complexity index is 977. The van der Waals surface area contributed by atoms with Crippen LogP contribution in [0.25, 0.3) is 0 Å². The zero-order chi connectivity index (χ0) is 24.5. The molecule has 35 heavy (non-hydrogen) atoms. The third-order valence-corrected chi connectivity index (χ3v) is 6.68. The molecule has 3 aromatic rings. The standard InChI is InChI=1S/C31H38O4/c1-23(2)29-24(3)30(33-20-26-15-9-5-10-16-26)31(34-21-27-17-11-6-12-18-27)28(35-29)22-32-19-25-13-7-4-8-14-25/h4-18,23-24,28-31H,19-22H2,1-3H3/t24-,28+,29-,30+,31-/m0/s1. The minimum atomic E-state index is -0.236. The average molecular weight is 475 g/mol. The van der Waals surface area contributed by atoms with E-state index in [0.29, 0.717) is 32.3 Å². The van der Waals surface area contributed by atoms with E-state index < -0.39 is 0 Å². The van der Waals surface area contributed by atoms with Gasteiger partial charge >= 0.3 is 0 Å². The fourth-order valence-corrected chi connectivity index (χ4v) is 4.85. The zero-order valence-corrected chi connectivity index (χ0v) is 21.1. The summed E-state index contributed by atoms with van der Waals surface area (Å²) in [5, 5.41) is 0. The van der Waals surface area contributed by atoms with E-state index >= 15 is 0 Å². The van der Waals surface area contributed by atoms with E-state index in [-0.39, 0.29) is 30.3 Å². The molecule has 5 atom stereocenters. The van der Waals surface area contributed by atoms with Crippen LogP contribution in [0, 0.1) is 11.8 Å². The largest absolute Gasteiger partial charge is 0.374 e. The van der Waals surface area contributed by atoms with Crippen LogP contribution >= 0.6 is 0 Å². The molecule has 0 unspecified atom stereocenters. The number of hydrogen-bond acceptors (Lipinski definition) is 4. The number of benzene rings is 3. The Labute approximate surface area is 210 Å². The molecule has 1 aliphatic heterocycles. The van der Waals surface area contributed by atoms with Crippen LogP contribution in [0.5, 0.6) is 0 Å². The smallest absolute Gasteiger partial charge is 0.113 e. The maximum atomic E-state index is 6.65. The second-order valence-electron chi connectivity index (χ2n) is 9.77. The van der Waals surface area contributed by atoms with Gasteiger partial charge in [-0.15, -0.1) is 0 Å². The Morgan fingerprint density at radius 2 is 1.11 bits per heavy atom. The number of hydrogen-bond donors (Lipinski definition) is 0. The minimum absolute atomic E-state index is 0.0673. The summed E-state index contributed by atoms with van der Waals surface area (Å²) in [6.45, 7) is 8.70. The van der Waals surface area contributed by atoms with Crippen molar-refractivity contribution in [2.75, 3.05) is 6.61 Å². The Morgan fingerprint density at radius 1 is 0.657 bits per heavy atom. The molecule has 0 amide bonds.